The first-order valence-electron chi connectivity index (χ1n) is 5.66. The highest BCUT2D eigenvalue weighted by Gasteiger charge is 2.53. The largest absolute Gasteiger partial charge is 0.480 e. The topological polar surface area (TPSA) is 67.8 Å². The van der Waals surface area contributed by atoms with E-state index < -0.39 is 36.4 Å². The summed E-state index contributed by atoms with van der Waals surface area (Å²) < 4.78 is 48.8. The second-order valence-electron chi connectivity index (χ2n) is 4.52. The average Bonchev–Trinajstić information content (AvgIpc) is 2.28. The van der Waals surface area contributed by atoms with E-state index in [1.54, 1.807) is 0 Å². The fourth-order valence-corrected chi connectivity index (χ4v) is 2.29. The lowest BCUT2D eigenvalue weighted by Crippen LogP contribution is -2.63. The molecule has 2 aliphatic rings. The summed E-state index contributed by atoms with van der Waals surface area (Å²) in [5.41, 5.74) is 0. The van der Waals surface area contributed by atoms with Crippen molar-refractivity contribution in [2.45, 2.75) is 43.3 Å². The number of carboxylic acids is 1. The van der Waals surface area contributed by atoms with Crippen LogP contribution in [0.15, 0.2) is 0 Å². The molecule has 0 aromatic rings. The van der Waals surface area contributed by atoms with Gasteiger partial charge in [-0.25, -0.2) is 0 Å². The van der Waals surface area contributed by atoms with Crippen molar-refractivity contribution >= 4 is 5.97 Å². The van der Waals surface area contributed by atoms with Gasteiger partial charge in [-0.15, -0.1) is 0 Å². The van der Waals surface area contributed by atoms with Crippen molar-refractivity contribution in [1.82, 2.24) is 5.32 Å². The zero-order valence-corrected chi connectivity index (χ0v) is 9.50. The lowest BCUT2D eigenvalue weighted by Gasteiger charge is -2.45. The van der Waals surface area contributed by atoms with E-state index >= 15 is 0 Å². The molecule has 0 aromatic carbocycles. The minimum atomic E-state index is -4.52. The van der Waals surface area contributed by atoms with Crippen LogP contribution in [0.3, 0.4) is 0 Å². The van der Waals surface area contributed by atoms with Crippen LogP contribution in [0.4, 0.5) is 13.2 Å². The van der Waals surface area contributed by atoms with Gasteiger partial charge in [-0.05, 0) is 6.42 Å². The molecule has 0 saturated carbocycles. The SMILES string of the molecule is O=C(O)[C@@H]1CC2(C[C@H](C(F)(F)F)N1)OCCCO2. The molecule has 2 atom stereocenters. The number of carboxylic acid groups (broad SMARTS) is 1. The van der Waals surface area contributed by atoms with Crippen LogP contribution < -0.4 is 5.32 Å². The van der Waals surface area contributed by atoms with Gasteiger partial charge in [0.1, 0.15) is 12.1 Å². The van der Waals surface area contributed by atoms with Gasteiger partial charge in [-0.1, -0.05) is 0 Å². The van der Waals surface area contributed by atoms with Crippen LogP contribution in [0.5, 0.6) is 0 Å². The number of alkyl halides is 3. The van der Waals surface area contributed by atoms with E-state index in [0.717, 1.165) is 0 Å². The van der Waals surface area contributed by atoms with Gasteiger partial charge in [-0.2, -0.15) is 13.2 Å². The summed E-state index contributed by atoms with van der Waals surface area (Å²) in [4.78, 5) is 10.9. The summed E-state index contributed by atoms with van der Waals surface area (Å²) >= 11 is 0. The van der Waals surface area contributed by atoms with Gasteiger partial charge in [0.05, 0.1) is 13.2 Å². The van der Waals surface area contributed by atoms with E-state index in [0.29, 0.717) is 6.42 Å². The molecule has 5 nitrogen and oxygen atoms in total. The number of rotatable bonds is 1. The number of halogens is 3. The molecule has 104 valence electrons. The smallest absolute Gasteiger partial charge is 0.404 e. The van der Waals surface area contributed by atoms with Crippen molar-refractivity contribution in [2.24, 2.45) is 0 Å². The van der Waals surface area contributed by atoms with Crippen molar-refractivity contribution in [3.05, 3.63) is 0 Å². The van der Waals surface area contributed by atoms with Crippen LogP contribution in [-0.2, 0) is 14.3 Å². The molecular formula is C10H14F3NO4. The first-order chi connectivity index (χ1) is 8.32. The molecule has 0 unspecified atom stereocenters. The third-order valence-corrected chi connectivity index (χ3v) is 3.14. The normalized spacial score (nSPS) is 32.4. The molecule has 1 spiro atoms. The summed E-state index contributed by atoms with van der Waals surface area (Å²) in [5.74, 6) is -2.76. The van der Waals surface area contributed by atoms with Crippen LogP contribution in [0, 0.1) is 0 Å². The second kappa shape index (κ2) is 4.67. The maximum atomic E-state index is 12.7. The second-order valence-corrected chi connectivity index (χ2v) is 4.52. The van der Waals surface area contributed by atoms with Gasteiger partial charge < -0.3 is 14.6 Å². The van der Waals surface area contributed by atoms with Crippen molar-refractivity contribution in [1.29, 1.82) is 0 Å². The molecule has 2 fully saturated rings. The molecule has 2 aliphatic heterocycles. The summed E-state index contributed by atoms with van der Waals surface area (Å²) in [5, 5.41) is 11.0. The molecule has 2 rings (SSSR count). The fourth-order valence-electron chi connectivity index (χ4n) is 2.29. The quantitative estimate of drug-likeness (QED) is 0.740. The number of hydrogen-bond donors (Lipinski definition) is 2. The summed E-state index contributed by atoms with van der Waals surface area (Å²) in [6.07, 6.45) is -4.45. The highest BCUT2D eigenvalue weighted by molar-refractivity contribution is 5.73. The lowest BCUT2D eigenvalue weighted by atomic mass is 9.91. The molecule has 2 saturated heterocycles. The lowest BCUT2D eigenvalue weighted by molar-refractivity contribution is -0.301. The predicted molar refractivity (Wildman–Crippen MR) is 52.9 cm³/mol. The molecule has 8 heteroatoms. The van der Waals surface area contributed by atoms with E-state index in [4.69, 9.17) is 14.6 Å². The highest BCUT2D eigenvalue weighted by Crippen LogP contribution is 2.38. The van der Waals surface area contributed by atoms with Gasteiger partial charge >= 0.3 is 12.1 Å². The van der Waals surface area contributed by atoms with Crippen LogP contribution in [0.1, 0.15) is 19.3 Å². The number of ether oxygens (including phenoxy) is 2. The monoisotopic (exact) mass is 269 g/mol. The Kier molecular flexibility index (Phi) is 3.52. The molecule has 0 aliphatic carbocycles. The van der Waals surface area contributed by atoms with Crippen LogP contribution >= 0.6 is 0 Å². The van der Waals surface area contributed by atoms with E-state index in [1.165, 1.54) is 0 Å². The maximum absolute atomic E-state index is 12.7. The minimum absolute atomic E-state index is 0.116. The molecule has 0 amide bonds. The average molecular weight is 269 g/mol. The highest BCUT2D eigenvalue weighted by atomic mass is 19.4. The van der Waals surface area contributed by atoms with E-state index in [2.05, 4.69) is 5.32 Å². The Morgan fingerprint density at radius 1 is 1.28 bits per heavy atom. The standard InChI is InChI=1S/C10H14F3NO4/c11-10(12,13)7-5-9(17-2-1-3-18-9)4-6(14-7)8(15)16/h6-7,14H,1-5H2,(H,15,16)/t6-,7+/m0/s1. The third kappa shape index (κ3) is 2.76. The number of hydrogen-bond acceptors (Lipinski definition) is 4. The van der Waals surface area contributed by atoms with Gasteiger partial charge in [0.25, 0.3) is 0 Å². The van der Waals surface area contributed by atoms with Crippen LogP contribution in [0.2, 0.25) is 0 Å². The molecule has 0 bridgehead atoms. The third-order valence-electron chi connectivity index (χ3n) is 3.14. The molecular weight excluding hydrogens is 255 g/mol. The van der Waals surface area contributed by atoms with Crippen molar-refractivity contribution in [3.8, 4) is 0 Å². The zero-order chi connectivity index (χ0) is 13.4. The predicted octanol–water partition coefficient (Wildman–Crippen LogP) is 0.887. The van der Waals surface area contributed by atoms with Gasteiger partial charge in [0, 0.05) is 12.8 Å². The van der Waals surface area contributed by atoms with Crippen LogP contribution in [0.25, 0.3) is 0 Å². The van der Waals surface area contributed by atoms with E-state index in [1.807, 2.05) is 0 Å². The first kappa shape index (κ1) is 13.6. The van der Waals surface area contributed by atoms with Gasteiger partial charge in [0.15, 0.2) is 5.79 Å². The summed E-state index contributed by atoms with van der Waals surface area (Å²) in [6.45, 7) is 0.577. The van der Waals surface area contributed by atoms with Gasteiger partial charge in [-0.3, -0.25) is 10.1 Å². The Labute approximate surface area is 101 Å². The summed E-state index contributed by atoms with van der Waals surface area (Å²) in [7, 11) is 0. The Bertz CT molecular complexity index is 328. The molecule has 0 aromatic heterocycles. The Morgan fingerprint density at radius 2 is 1.89 bits per heavy atom. The number of carbonyl (C=O) groups is 1. The van der Waals surface area contributed by atoms with Crippen molar-refractivity contribution in [2.75, 3.05) is 13.2 Å². The van der Waals surface area contributed by atoms with Gasteiger partial charge in [0.2, 0.25) is 0 Å². The molecule has 18 heavy (non-hydrogen) atoms. The van der Waals surface area contributed by atoms with E-state index in [9.17, 15) is 18.0 Å². The Balaban J connectivity index is 2.18. The van der Waals surface area contributed by atoms with Crippen molar-refractivity contribution < 1.29 is 32.5 Å². The van der Waals surface area contributed by atoms with E-state index in [-0.39, 0.29) is 19.6 Å². The first-order valence-corrected chi connectivity index (χ1v) is 5.66. The maximum Gasteiger partial charge on any atom is 0.404 e. The minimum Gasteiger partial charge on any atom is -0.480 e. The van der Waals surface area contributed by atoms with Crippen molar-refractivity contribution in [3.63, 3.8) is 0 Å². The number of aliphatic carboxylic acids is 1. The fraction of sp³-hybridized carbons (Fsp3) is 0.900. The Morgan fingerprint density at radius 3 is 2.39 bits per heavy atom. The molecule has 2 N–H and O–H groups in total. The zero-order valence-electron chi connectivity index (χ0n) is 9.50. The van der Waals surface area contributed by atoms with Crippen LogP contribution in [-0.4, -0.2) is 48.3 Å². The number of nitrogens with one attached hydrogen (secondary N) is 1. The number of piperidine rings is 1. The molecule has 0 radical (unpaired) electrons. The Hall–Kier alpha value is -0.860. The summed E-state index contributed by atoms with van der Waals surface area (Å²) in [6, 6.07) is -3.24. The molecule has 2 heterocycles.